The lowest BCUT2D eigenvalue weighted by molar-refractivity contribution is 0.0742. The van der Waals surface area contributed by atoms with Gasteiger partial charge in [-0.25, -0.2) is 0 Å². The minimum Gasteiger partial charge on any atom is -0.383 e. The third kappa shape index (κ3) is 3.42. The zero-order valence-corrected chi connectivity index (χ0v) is 10.3. The first-order chi connectivity index (χ1) is 6.79. The summed E-state index contributed by atoms with van der Waals surface area (Å²) in [7, 11) is 3.79. The molecule has 0 aromatic heterocycles. The van der Waals surface area contributed by atoms with Crippen LogP contribution >= 0.6 is 11.8 Å². The third-order valence-corrected chi connectivity index (χ3v) is 3.88. The number of thioether (sulfide) groups is 1. The van der Waals surface area contributed by atoms with Crippen molar-refractivity contribution >= 4 is 11.8 Å². The fourth-order valence-electron chi connectivity index (χ4n) is 1.98. The highest BCUT2D eigenvalue weighted by Gasteiger charge is 2.25. The second kappa shape index (κ2) is 6.67. The van der Waals surface area contributed by atoms with Crippen molar-refractivity contribution in [1.82, 2.24) is 10.2 Å². The number of rotatable bonds is 5. The lowest BCUT2D eigenvalue weighted by Gasteiger charge is -2.39. The van der Waals surface area contributed by atoms with Gasteiger partial charge in [-0.1, -0.05) is 0 Å². The maximum absolute atomic E-state index is 5.27. The van der Waals surface area contributed by atoms with Crippen LogP contribution in [-0.4, -0.2) is 62.3 Å². The molecule has 0 amide bonds. The van der Waals surface area contributed by atoms with Crippen molar-refractivity contribution in [3.05, 3.63) is 0 Å². The van der Waals surface area contributed by atoms with Crippen LogP contribution in [0.25, 0.3) is 0 Å². The zero-order chi connectivity index (χ0) is 10.4. The maximum atomic E-state index is 5.27. The normalized spacial score (nSPS) is 26.4. The molecule has 1 fully saturated rings. The first kappa shape index (κ1) is 12.3. The van der Waals surface area contributed by atoms with Gasteiger partial charge in [-0.05, 0) is 14.0 Å². The Hall–Kier alpha value is 0.230. The summed E-state index contributed by atoms with van der Waals surface area (Å²) in [6, 6.07) is 1.21. The van der Waals surface area contributed by atoms with E-state index in [1.807, 2.05) is 7.05 Å². The molecule has 1 rings (SSSR count). The van der Waals surface area contributed by atoms with Crippen LogP contribution < -0.4 is 5.32 Å². The minimum atomic E-state index is 0.529. The number of ether oxygens (including phenoxy) is 1. The molecule has 2 unspecified atom stereocenters. The van der Waals surface area contributed by atoms with Gasteiger partial charge in [0.25, 0.3) is 0 Å². The molecule has 0 aromatic carbocycles. The molecule has 1 N–H and O–H groups in total. The predicted molar refractivity (Wildman–Crippen MR) is 63.1 cm³/mol. The Bertz CT molecular complexity index is 151. The largest absolute Gasteiger partial charge is 0.383 e. The van der Waals surface area contributed by atoms with Gasteiger partial charge in [0, 0.05) is 43.8 Å². The van der Waals surface area contributed by atoms with Crippen LogP contribution in [-0.2, 0) is 4.74 Å². The van der Waals surface area contributed by atoms with Crippen LogP contribution in [0.1, 0.15) is 6.92 Å². The summed E-state index contributed by atoms with van der Waals surface area (Å²) in [5.74, 6) is 2.51. The molecule has 0 aromatic rings. The smallest absolute Gasteiger partial charge is 0.0630 e. The molecule has 0 aliphatic carbocycles. The second-order valence-electron chi connectivity index (χ2n) is 3.83. The lowest BCUT2D eigenvalue weighted by Crippen LogP contribution is -2.52. The van der Waals surface area contributed by atoms with E-state index in [2.05, 4.69) is 28.9 Å². The molecule has 0 saturated carbocycles. The number of methoxy groups -OCH3 is 1. The molecule has 1 heterocycles. The van der Waals surface area contributed by atoms with E-state index in [0.29, 0.717) is 12.1 Å². The number of hydrogen-bond acceptors (Lipinski definition) is 4. The molecule has 0 bridgehead atoms. The SMILES string of the molecule is CNCC(COC)N1CCSCC1C. The van der Waals surface area contributed by atoms with E-state index in [0.717, 1.165) is 13.2 Å². The topological polar surface area (TPSA) is 24.5 Å². The Morgan fingerprint density at radius 3 is 3.00 bits per heavy atom. The molecular weight excluding hydrogens is 196 g/mol. The molecule has 3 nitrogen and oxygen atoms in total. The standard InChI is InChI=1S/C10H22N2OS/c1-9-8-14-5-4-12(9)10(6-11-2)7-13-3/h9-11H,4-8H2,1-3H3. The van der Waals surface area contributed by atoms with E-state index in [-0.39, 0.29) is 0 Å². The molecule has 4 heteroatoms. The van der Waals surface area contributed by atoms with Gasteiger partial charge in [-0.15, -0.1) is 0 Å². The second-order valence-corrected chi connectivity index (χ2v) is 4.98. The summed E-state index contributed by atoms with van der Waals surface area (Å²) in [6.07, 6.45) is 0. The van der Waals surface area contributed by atoms with E-state index in [9.17, 15) is 0 Å². The highest BCUT2D eigenvalue weighted by atomic mass is 32.2. The zero-order valence-electron chi connectivity index (χ0n) is 9.45. The summed E-state index contributed by atoms with van der Waals surface area (Å²) in [4.78, 5) is 2.57. The average molecular weight is 218 g/mol. The molecule has 1 aliphatic rings. The molecule has 84 valence electrons. The highest BCUT2D eigenvalue weighted by Crippen LogP contribution is 2.18. The van der Waals surface area contributed by atoms with Crippen molar-refractivity contribution in [2.45, 2.75) is 19.0 Å². The average Bonchev–Trinajstić information content (AvgIpc) is 2.18. The summed E-state index contributed by atoms with van der Waals surface area (Å²) < 4.78 is 5.27. The Balaban J connectivity index is 2.46. The summed E-state index contributed by atoms with van der Waals surface area (Å²) in [5, 5.41) is 3.24. The van der Waals surface area contributed by atoms with Crippen LogP contribution in [0.2, 0.25) is 0 Å². The first-order valence-corrected chi connectivity index (χ1v) is 6.42. The molecule has 1 aliphatic heterocycles. The predicted octanol–water partition coefficient (Wildman–Crippen LogP) is 0.658. The van der Waals surface area contributed by atoms with Crippen molar-refractivity contribution in [3.8, 4) is 0 Å². The van der Waals surface area contributed by atoms with Gasteiger partial charge in [-0.2, -0.15) is 11.8 Å². The van der Waals surface area contributed by atoms with Gasteiger partial charge >= 0.3 is 0 Å². The minimum absolute atomic E-state index is 0.529. The number of likely N-dealkylation sites (N-methyl/N-ethyl adjacent to an activating group) is 1. The quantitative estimate of drug-likeness (QED) is 0.732. The van der Waals surface area contributed by atoms with Gasteiger partial charge in [0.15, 0.2) is 0 Å². The fourth-order valence-corrected chi connectivity index (χ4v) is 3.02. The summed E-state index contributed by atoms with van der Waals surface area (Å²) >= 11 is 2.06. The lowest BCUT2D eigenvalue weighted by atomic mass is 10.2. The third-order valence-electron chi connectivity index (χ3n) is 2.69. The molecule has 0 radical (unpaired) electrons. The summed E-state index contributed by atoms with van der Waals surface area (Å²) in [6.45, 7) is 5.35. The van der Waals surface area contributed by atoms with Crippen molar-refractivity contribution in [2.75, 3.05) is 45.4 Å². The van der Waals surface area contributed by atoms with Crippen LogP contribution in [0.5, 0.6) is 0 Å². The van der Waals surface area contributed by atoms with Crippen LogP contribution in [0, 0.1) is 0 Å². The molecular formula is C10H22N2OS. The first-order valence-electron chi connectivity index (χ1n) is 5.26. The van der Waals surface area contributed by atoms with Gasteiger partial charge in [0.1, 0.15) is 0 Å². The van der Waals surface area contributed by atoms with E-state index in [4.69, 9.17) is 4.74 Å². The Kier molecular flexibility index (Phi) is 5.86. The van der Waals surface area contributed by atoms with Gasteiger partial charge in [0.05, 0.1) is 6.61 Å². The van der Waals surface area contributed by atoms with Crippen LogP contribution in [0.15, 0.2) is 0 Å². The Morgan fingerprint density at radius 1 is 1.64 bits per heavy atom. The van der Waals surface area contributed by atoms with E-state index in [1.54, 1.807) is 7.11 Å². The van der Waals surface area contributed by atoms with Gasteiger partial charge in [0.2, 0.25) is 0 Å². The molecule has 0 spiro atoms. The van der Waals surface area contributed by atoms with Crippen LogP contribution in [0.3, 0.4) is 0 Å². The number of nitrogens with one attached hydrogen (secondary N) is 1. The number of nitrogens with zero attached hydrogens (tertiary/aromatic N) is 1. The van der Waals surface area contributed by atoms with Crippen molar-refractivity contribution < 1.29 is 4.74 Å². The molecule has 2 atom stereocenters. The summed E-state index contributed by atoms with van der Waals surface area (Å²) in [5.41, 5.74) is 0. The van der Waals surface area contributed by atoms with Gasteiger partial charge < -0.3 is 10.1 Å². The van der Waals surface area contributed by atoms with E-state index in [1.165, 1.54) is 18.1 Å². The molecule has 14 heavy (non-hydrogen) atoms. The van der Waals surface area contributed by atoms with Crippen molar-refractivity contribution in [1.29, 1.82) is 0 Å². The number of hydrogen-bond donors (Lipinski definition) is 1. The van der Waals surface area contributed by atoms with Crippen LogP contribution in [0.4, 0.5) is 0 Å². The Morgan fingerprint density at radius 2 is 2.43 bits per heavy atom. The van der Waals surface area contributed by atoms with E-state index >= 15 is 0 Å². The highest BCUT2D eigenvalue weighted by molar-refractivity contribution is 7.99. The Labute approximate surface area is 91.6 Å². The molecule has 1 saturated heterocycles. The van der Waals surface area contributed by atoms with E-state index < -0.39 is 0 Å². The fraction of sp³-hybridized carbons (Fsp3) is 1.00. The van der Waals surface area contributed by atoms with Crippen molar-refractivity contribution in [3.63, 3.8) is 0 Å². The van der Waals surface area contributed by atoms with Crippen molar-refractivity contribution in [2.24, 2.45) is 0 Å². The van der Waals surface area contributed by atoms with Gasteiger partial charge in [-0.3, -0.25) is 4.90 Å². The monoisotopic (exact) mass is 218 g/mol. The maximum Gasteiger partial charge on any atom is 0.0630 e.